The minimum absolute atomic E-state index is 0.0194. The summed E-state index contributed by atoms with van der Waals surface area (Å²) in [4.78, 5) is 19.3. The smallest absolute Gasteiger partial charge is 0.139 e. The molecule has 1 aromatic heterocycles. The summed E-state index contributed by atoms with van der Waals surface area (Å²) in [5.74, 6) is 3.34. The normalized spacial score (nSPS) is 39.8. The quantitative estimate of drug-likeness (QED) is 0.466. The first-order valence-corrected chi connectivity index (χ1v) is 12.9. The second kappa shape index (κ2) is 6.65. The van der Waals surface area contributed by atoms with Gasteiger partial charge in [-0.2, -0.15) is 0 Å². The molecule has 0 radical (unpaired) electrons. The molecule has 158 valence electrons. The summed E-state index contributed by atoms with van der Waals surface area (Å²) in [5.41, 5.74) is 2.83. The molecule has 0 spiro atoms. The molecule has 30 heavy (non-hydrogen) atoms. The molecular formula is C26H30ClNOS. The van der Waals surface area contributed by atoms with Crippen molar-refractivity contribution in [2.45, 2.75) is 71.1 Å². The van der Waals surface area contributed by atoms with Gasteiger partial charge < -0.3 is 0 Å². The molecule has 4 heteroatoms. The van der Waals surface area contributed by atoms with Crippen LogP contribution >= 0.6 is 22.9 Å². The van der Waals surface area contributed by atoms with Crippen molar-refractivity contribution in [2.75, 3.05) is 0 Å². The number of carbonyl (C=O) groups is 1. The van der Waals surface area contributed by atoms with E-state index in [9.17, 15) is 4.79 Å². The van der Waals surface area contributed by atoms with Crippen molar-refractivity contribution in [3.63, 3.8) is 0 Å². The molecule has 3 saturated carbocycles. The van der Waals surface area contributed by atoms with Crippen molar-refractivity contribution in [2.24, 2.45) is 28.6 Å². The molecule has 0 bridgehead atoms. The summed E-state index contributed by atoms with van der Waals surface area (Å²) in [6, 6.07) is 8.13. The molecule has 4 aliphatic carbocycles. The first kappa shape index (κ1) is 19.5. The number of Topliss-reactive ketones (excluding diaryl/α,β-unsaturated/α-hetero) is 1. The number of thiazole rings is 1. The van der Waals surface area contributed by atoms with Crippen LogP contribution in [0.3, 0.4) is 0 Å². The lowest BCUT2D eigenvalue weighted by molar-refractivity contribution is -0.134. The monoisotopic (exact) mass is 439 g/mol. The van der Waals surface area contributed by atoms with Crippen molar-refractivity contribution in [3.05, 3.63) is 39.9 Å². The van der Waals surface area contributed by atoms with E-state index in [4.69, 9.17) is 16.6 Å². The van der Waals surface area contributed by atoms with E-state index >= 15 is 0 Å². The van der Waals surface area contributed by atoms with Crippen molar-refractivity contribution in [1.29, 1.82) is 0 Å². The molecule has 2 aromatic rings. The fourth-order valence-electron chi connectivity index (χ4n) is 7.96. The zero-order valence-corrected chi connectivity index (χ0v) is 19.5. The van der Waals surface area contributed by atoms with Gasteiger partial charge in [-0.05, 0) is 80.2 Å². The van der Waals surface area contributed by atoms with E-state index in [-0.39, 0.29) is 5.41 Å². The first-order chi connectivity index (χ1) is 14.4. The molecular weight excluding hydrogens is 410 g/mol. The van der Waals surface area contributed by atoms with Gasteiger partial charge in [-0.25, -0.2) is 4.98 Å². The highest BCUT2D eigenvalue weighted by Gasteiger charge is 2.60. The third-order valence-electron chi connectivity index (χ3n) is 9.59. The van der Waals surface area contributed by atoms with E-state index in [1.807, 2.05) is 29.5 Å². The van der Waals surface area contributed by atoms with Gasteiger partial charge in [-0.1, -0.05) is 37.6 Å². The Kier molecular flexibility index (Phi) is 4.32. The second-order valence-electron chi connectivity index (χ2n) is 10.8. The van der Waals surface area contributed by atoms with Gasteiger partial charge in [0.2, 0.25) is 0 Å². The average Bonchev–Trinajstić information content (AvgIpc) is 3.29. The summed E-state index contributed by atoms with van der Waals surface area (Å²) in [6.07, 6.45) is 9.24. The second-order valence-corrected chi connectivity index (χ2v) is 12.2. The van der Waals surface area contributed by atoms with E-state index < -0.39 is 0 Å². The average molecular weight is 440 g/mol. The van der Waals surface area contributed by atoms with Gasteiger partial charge in [0, 0.05) is 33.2 Å². The number of nitrogens with zero attached hydrogens (tertiary/aromatic N) is 1. The van der Waals surface area contributed by atoms with Crippen LogP contribution in [0.25, 0.3) is 10.6 Å². The topological polar surface area (TPSA) is 30.0 Å². The minimum Gasteiger partial charge on any atom is -0.299 e. The van der Waals surface area contributed by atoms with Gasteiger partial charge in [0.15, 0.2) is 0 Å². The molecule has 0 aliphatic heterocycles. The number of aryl methyl sites for hydroxylation is 1. The molecule has 0 N–H and O–H groups in total. The zero-order valence-electron chi connectivity index (χ0n) is 17.9. The third kappa shape index (κ3) is 2.60. The van der Waals surface area contributed by atoms with Crippen LogP contribution in [0.4, 0.5) is 0 Å². The third-order valence-corrected chi connectivity index (χ3v) is 11.1. The number of aromatic nitrogens is 1. The standard InChI is InChI=1S/C26H30ClNOS/c1-25-13-11-21-23(30-24(28-21)15-4-3-5-16(27)14-15)20(25)7-6-17-18-8-9-22(29)26(18,2)12-10-19(17)25/h3-5,14,17-20H,6-13H2,1-2H3/t17-,18-,19-,20?,25+,26-/m0/s1. The number of ketones is 1. The highest BCUT2D eigenvalue weighted by molar-refractivity contribution is 7.15. The summed E-state index contributed by atoms with van der Waals surface area (Å²) in [7, 11) is 0. The SMILES string of the molecule is C[C@]12CCc3nc(-c4cccc(Cl)c4)sc3C1CC[C@@H]1[C@@H]2CC[C@]2(C)C(=O)CC[C@@H]12. The largest absolute Gasteiger partial charge is 0.299 e. The molecule has 1 unspecified atom stereocenters. The number of fused-ring (bicyclic) bond motifs is 7. The fraction of sp³-hybridized carbons (Fsp3) is 0.615. The van der Waals surface area contributed by atoms with E-state index in [1.54, 1.807) is 4.88 Å². The Morgan fingerprint density at radius 2 is 1.93 bits per heavy atom. The molecule has 0 saturated heterocycles. The molecule has 6 rings (SSSR count). The lowest BCUT2D eigenvalue weighted by atomic mass is 9.46. The van der Waals surface area contributed by atoms with Crippen LogP contribution in [0.2, 0.25) is 5.02 Å². The Balaban J connectivity index is 1.35. The van der Waals surface area contributed by atoms with Crippen LogP contribution in [0, 0.1) is 28.6 Å². The Hall–Kier alpha value is -1.19. The number of benzene rings is 1. The highest BCUT2D eigenvalue weighted by atomic mass is 35.5. The summed E-state index contributed by atoms with van der Waals surface area (Å²) in [6.45, 7) is 4.87. The summed E-state index contributed by atoms with van der Waals surface area (Å²) >= 11 is 8.17. The maximum atomic E-state index is 12.7. The van der Waals surface area contributed by atoms with E-state index in [0.29, 0.717) is 23.0 Å². The number of hydrogen-bond acceptors (Lipinski definition) is 3. The van der Waals surface area contributed by atoms with Crippen molar-refractivity contribution >= 4 is 28.7 Å². The number of carbonyl (C=O) groups excluding carboxylic acids is 1. The van der Waals surface area contributed by atoms with Gasteiger partial charge in [0.05, 0.1) is 5.69 Å². The van der Waals surface area contributed by atoms with Gasteiger partial charge in [-0.3, -0.25) is 4.79 Å². The first-order valence-electron chi connectivity index (χ1n) is 11.7. The predicted octanol–water partition coefficient (Wildman–Crippen LogP) is 7.31. The minimum atomic E-state index is -0.0194. The maximum absolute atomic E-state index is 12.7. The maximum Gasteiger partial charge on any atom is 0.139 e. The van der Waals surface area contributed by atoms with E-state index in [2.05, 4.69) is 19.9 Å². The van der Waals surface area contributed by atoms with Gasteiger partial charge in [0.1, 0.15) is 10.8 Å². The van der Waals surface area contributed by atoms with Crippen LogP contribution in [0.15, 0.2) is 24.3 Å². The Bertz CT molecular complexity index is 1030. The van der Waals surface area contributed by atoms with Gasteiger partial charge in [-0.15, -0.1) is 11.3 Å². The van der Waals surface area contributed by atoms with E-state index in [0.717, 1.165) is 53.1 Å². The molecule has 4 aliphatic rings. The van der Waals surface area contributed by atoms with Crippen molar-refractivity contribution < 1.29 is 4.79 Å². The number of rotatable bonds is 1. The summed E-state index contributed by atoms with van der Waals surface area (Å²) < 4.78 is 0. The fourth-order valence-corrected chi connectivity index (χ4v) is 9.56. The van der Waals surface area contributed by atoms with Crippen LogP contribution in [-0.2, 0) is 11.2 Å². The molecule has 2 nitrogen and oxygen atoms in total. The summed E-state index contributed by atoms with van der Waals surface area (Å²) in [5, 5.41) is 1.91. The van der Waals surface area contributed by atoms with Gasteiger partial charge >= 0.3 is 0 Å². The van der Waals surface area contributed by atoms with Crippen LogP contribution < -0.4 is 0 Å². The Labute approximate surface area is 188 Å². The molecule has 1 heterocycles. The Morgan fingerprint density at radius 3 is 2.77 bits per heavy atom. The van der Waals surface area contributed by atoms with Crippen LogP contribution in [-0.4, -0.2) is 10.8 Å². The molecule has 0 amide bonds. The predicted molar refractivity (Wildman–Crippen MR) is 123 cm³/mol. The Morgan fingerprint density at radius 1 is 1.07 bits per heavy atom. The lowest BCUT2D eigenvalue weighted by Gasteiger charge is -2.59. The molecule has 6 atom stereocenters. The van der Waals surface area contributed by atoms with E-state index in [1.165, 1.54) is 31.4 Å². The molecule has 3 fully saturated rings. The number of hydrogen-bond donors (Lipinski definition) is 0. The number of halogens is 1. The van der Waals surface area contributed by atoms with Crippen molar-refractivity contribution in [1.82, 2.24) is 4.98 Å². The highest BCUT2D eigenvalue weighted by Crippen LogP contribution is 2.67. The zero-order chi connectivity index (χ0) is 20.7. The van der Waals surface area contributed by atoms with Gasteiger partial charge in [0.25, 0.3) is 0 Å². The lowest BCUT2D eigenvalue weighted by Crippen LogP contribution is -2.52. The van der Waals surface area contributed by atoms with Crippen LogP contribution in [0.1, 0.15) is 75.3 Å². The molecule has 1 aromatic carbocycles. The van der Waals surface area contributed by atoms with Crippen LogP contribution in [0.5, 0.6) is 0 Å². The van der Waals surface area contributed by atoms with Crippen molar-refractivity contribution in [3.8, 4) is 10.6 Å².